The van der Waals surface area contributed by atoms with Crippen molar-refractivity contribution in [1.29, 1.82) is 0 Å². The number of para-hydroxylation sites is 1. The van der Waals surface area contributed by atoms with Gasteiger partial charge in [0.2, 0.25) is 5.95 Å². The van der Waals surface area contributed by atoms with Crippen molar-refractivity contribution < 1.29 is 9.47 Å². The first-order valence-corrected chi connectivity index (χ1v) is 11.2. The third-order valence-electron chi connectivity index (χ3n) is 6.11. The Kier molecular flexibility index (Phi) is 8.33. The molecule has 178 valence electrons. The summed E-state index contributed by atoms with van der Waals surface area (Å²) >= 11 is 0. The van der Waals surface area contributed by atoms with E-state index in [0.717, 1.165) is 60.4 Å². The number of nitrogens with one attached hydrogen (secondary N) is 2. The van der Waals surface area contributed by atoms with Crippen LogP contribution in [0.3, 0.4) is 0 Å². The van der Waals surface area contributed by atoms with Crippen LogP contribution in [0, 0.1) is 0 Å². The highest BCUT2D eigenvalue weighted by Gasteiger charge is 2.22. The minimum absolute atomic E-state index is 0. The van der Waals surface area contributed by atoms with Gasteiger partial charge in [-0.15, -0.1) is 0 Å². The zero-order valence-corrected chi connectivity index (χ0v) is 19.4. The Bertz CT molecular complexity index is 1050. The van der Waals surface area contributed by atoms with Crippen molar-refractivity contribution in [3.63, 3.8) is 0 Å². The van der Waals surface area contributed by atoms with Gasteiger partial charge >= 0.3 is 0 Å². The Labute approximate surface area is 197 Å². The molecular formula is C26H37N5O2. The highest BCUT2D eigenvalue weighted by atomic mass is 16.5. The Morgan fingerprint density at radius 1 is 0.909 bits per heavy atom. The van der Waals surface area contributed by atoms with Gasteiger partial charge in [-0.1, -0.05) is 25.6 Å². The molecule has 1 aromatic heterocycles. The van der Waals surface area contributed by atoms with E-state index >= 15 is 0 Å². The summed E-state index contributed by atoms with van der Waals surface area (Å²) in [6.45, 7) is 0.823. The Hall–Kier alpha value is -3.06. The lowest BCUT2D eigenvalue weighted by Crippen LogP contribution is -2.37. The molecule has 1 saturated carbocycles. The van der Waals surface area contributed by atoms with Crippen LogP contribution in [-0.4, -0.2) is 50.4 Å². The van der Waals surface area contributed by atoms with E-state index in [1.54, 1.807) is 14.2 Å². The van der Waals surface area contributed by atoms with Crippen molar-refractivity contribution in [2.75, 3.05) is 38.5 Å². The monoisotopic (exact) mass is 451 g/mol. The van der Waals surface area contributed by atoms with Gasteiger partial charge in [0.15, 0.2) is 11.5 Å². The van der Waals surface area contributed by atoms with Crippen molar-refractivity contribution >= 4 is 22.7 Å². The molecule has 2 N–H and O–H groups in total. The molecule has 0 saturated heterocycles. The molecule has 0 bridgehead atoms. The van der Waals surface area contributed by atoms with Crippen LogP contribution in [0.2, 0.25) is 0 Å². The van der Waals surface area contributed by atoms with Crippen LogP contribution in [-0.2, 0) is 6.54 Å². The van der Waals surface area contributed by atoms with E-state index in [1.165, 1.54) is 5.56 Å². The maximum atomic E-state index is 5.41. The quantitative estimate of drug-likeness (QED) is 0.507. The van der Waals surface area contributed by atoms with E-state index in [0.29, 0.717) is 18.0 Å². The second kappa shape index (κ2) is 11.2. The summed E-state index contributed by atoms with van der Waals surface area (Å²) in [5, 5.41) is 8.36. The summed E-state index contributed by atoms with van der Waals surface area (Å²) in [5.41, 5.74) is 2.17. The second-order valence-electron chi connectivity index (χ2n) is 8.55. The molecule has 4 rings (SSSR count). The number of fused-ring (bicyclic) bond motifs is 1. The van der Waals surface area contributed by atoms with Gasteiger partial charge in [0.05, 0.1) is 19.7 Å². The smallest absolute Gasteiger partial charge is 0.225 e. The molecule has 7 heteroatoms. The summed E-state index contributed by atoms with van der Waals surface area (Å²) in [6.07, 6.45) is 4.44. The molecule has 0 amide bonds. The van der Waals surface area contributed by atoms with Crippen LogP contribution in [0.4, 0.5) is 11.8 Å². The van der Waals surface area contributed by atoms with Crippen LogP contribution in [0.5, 0.6) is 11.5 Å². The first kappa shape index (κ1) is 24.6. The van der Waals surface area contributed by atoms with Gasteiger partial charge in [-0.25, -0.2) is 4.98 Å². The number of anilines is 2. The summed E-state index contributed by atoms with van der Waals surface area (Å²) in [7, 11) is 7.37. The van der Waals surface area contributed by atoms with Gasteiger partial charge in [0.25, 0.3) is 0 Å². The Morgan fingerprint density at radius 3 is 2.30 bits per heavy atom. The van der Waals surface area contributed by atoms with Crippen molar-refractivity contribution in [1.82, 2.24) is 15.3 Å². The summed E-state index contributed by atoms with van der Waals surface area (Å²) in [5.74, 6) is 3.20. The van der Waals surface area contributed by atoms with Crippen LogP contribution in [0.1, 0.15) is 38.7 Å². The number of rotatable bonds is 8. The number of benzene rings is 2. The number of methoxy groups -OCH3 is 2. The number of nitrogens with zero attached hydrogens (tertiary/aromatic N) is 3. The first-order chi connectivity index (χ1) is 15.6. The number of hydrogen-bond acceptors (Lipinski definition) is 7. The molecule has 2 aromatic carbocycles. The lowest BCUT2D eigenvalue weighted by atomic mass is 9.91. The van der Waals surface area contributed by atoms with Crippen LogP contribution in [0.25, 0.3) is 10.9 Å². The number of hydrogen-bond donors (Lipinski definition) is 2. The van der Waals surface area contributed by atoms with Crippen LogP contribution >= 0.6 is 0 Å². The number of ether oxygens (including phenoxy) is 2. The highest BCUT2D eigenvalue weighted by Crippen LogP contribution is 2.29. The zero-order chi connectivity index (χ0) is 22.5. The second-order valence-corrected chi connectivity index (χ2v) is 8.55. The number of aromatic nitrogens is 2. The maximum Gasteiger partial charge on any atom is 0.225 e. The van der Waals surface area contributed by atoms with Gasteiger partial charge in [0.1, 0.15) is 5.82 Å². The van der Waals surface area contributed by atoms with Crippen LogP contribution in [0.15, 0.2) is 42.5 Å². The molecule has 3 aromatic rings. The third-order valence-corrected chi connectivity index (χ3v) is 6.11. The van der Waals surface area contributed by atoms with Gasteiger partial charge < -0.3 is 25.0 Å². The molecule has 1 fully saturated rings. The molecule has 7 nitrogen and oxygen atoms in total. The minimum atomic E-state index is 0. The van der Waals surface area contributed by atoms with E-state index in [1.807, 2.05) is 49.3 Å². The van der Waals surface area contributed by atoms with E-state index < -0.39 is 0 Å². The fraction of sp³-hybridized carbons (Fsp3) is 0.462. The molecule has 1 heterocycles. The predicted octanol–water partition coefficient (Wildman–Crippen LogP) is 4.86. The fourth-order valence-corrected chi connectivity index (χ4v) is 4.34. The van der Waals surface area contributed by atoms with E-state index in [9.17, 15) is 0 Å². The molecule has 0 unspecified atom stereocenters. The lowest BCUT2D eigenvalue weighted by Gasteiger charge is -2.30. The molecule has 0 radical (unpaired) electrons. The SMILES string of the molecule is C.COc1ccc(CNC2CCC(Nc3nc(N(C)C)c4ccccc4n3)CC2)cc1OC. The topological polar surface area (TPSA) is 71.5 Å². The van der Waals surface area contributed by atoms with Crippen LogP contribution < -0.4 is 25.0 Å². The van der Waals surface area contributed by atoms with Crippen molar-refractivity contribution in [2.45, 2.75) is 51.7 Å². The average Bonchev–Trinajstić information content (AvgIpc) is 2.82. The molecule has 0 atom stereocenters. The van der Waals surface area contributed by atoms with Crippen molar-refractivity contribution in [3.8, 4) is 11.5 Å². The summed E-state index contributed by atoms with van der Waals surface area (Å²) in [4.78, 5) is 11.6. The van der Waals surface area contributed by atoms with E-state index in [2.05, 4.69) is 22.8 Å². The molecular weight excluding hydrogens is 414 g/mol. The lowest BCUT2D eigenvalue weighted by molar-refractivity contribution is 0.348. The highest BCUT2D eigenvalue weighted by molar-refractivity contribution is 5.90. The minimum Gasteiger partial charge on any atom is -0.493 e. The molecule has 0 spiro atoms. The predicted molar refractivity (Wildman–Crippen MR) is 137 cm³/mol. The van der Waals surface area contributed by atoms with Gasteiger partial charge in [0, 0.05) is 38.1 Å². The fourth-order valence-electron chi connectivity index (χ4n) is 4.34. The summed E-state index contributed by atoms with van der Waals surface area (Å²) in [6, 6.07) is 15.2. The third kappa shape index (κ3) is 5.85. The molecule has 1 aliphatic carbocycles. The normalized spacial score (nSPS) is 17.8. The standard InChI is InChI=1S/C25H33N5O2.CH4/c1-30(2)24-20-7-5-6-8-21(20)28-25(29-24)27-19-12-10-18(11-13-19)26-16-17-9-14-22(31-3)23(15-17)32-4;/h5-9,14-15,18-19,26H,10-13,16H2,1-4H3,(H,27,28,29);1H4. The molecule has 1 aliphatic rings. The molecule has 33 heavy (non-hydrogen) atoms. The van der Waals surface area contributed by atoms with Crippen molar-refractivity contribution in [2.24, 2.45) is 0 Å². The van der Waals surface area contributed by atoms with E-state index in [4.69, 9.17) is 19.4 Å². The average molecular weight is 452 g/mol. The van der Waals surface area contributed by atoms with E-state index in [-0.39, 0.29) is 7.43 Å². The molecule has 0 aliphatic heterocycles. The Morgan fingerprint density at radius 2 is 1.61 bits per heavy atom. The van der Waals surface area contributed by atoms with Crippen molar-refractivity contribution in [3.05, 3.63) is 48.0 Å². The van der Waals surface area contributed by atoms with Gasteiger partial charge in [-0.2, -0.15) is 4.98 Å². The summed E-state index contributed by atoms with van der Waals surface area (Å²) < 4.78 is 10.7. The maximum absolute atomic E-state index is 5.41. The zero-order valence-electron chi connectivity index (χ0n) is 19.4. The largest absolute Gasteiger partial charge is 0.493 e. The first-order valence-electron chi connectivity index (χ1n) is 11.2. The van der Waals surface area contributed by atoms with Gasteiger partial charge in [-0.3, -0.25) is 0 Å². The Balaban J connectivity index is 0.00000306. The van der Waals surface area contributed by atoms with Gasteiger partial charge in [-0.05, 0) is 55.5 Å².